The molecule has 0 N–H and O–H groups in total. The van der Waals surface area contributed by atoms with Gasteiger partial charge in [-0.25, -0.2) is 0 Å². The molecule has 172 valence electrons. The molecule has 0 radical (unpaired) electrons. The molecule has 0 atom stereocenters. The number of halogens is 6. The molecule has 0 amide bonds. The second-order valence-electron chi connectivity index (χ2n) is 6.34. The Kier molecular flexibility index (Phi) is 6.57. The van der Waals surface area contributed by atoms with E-state index < -0.39 is 42.8 Å². The molecule has 0 aliphatic carbocycles. The largest absolute Gasteiger partial charge is 0.534 e. The highest BCUT2D eigenvalue weighted by Gasteiger charge is 2.49. The maximum atomic E-state index is 12.4. The van der Waals surface area contributed by atoms with Crippen LogP contribution in [0.5, 0.6) is 11.5 Å². The van der Waals surface area contributed by atoms with Gasteiger partial charge in [0.25, 0.3) is 0 Å². The zero-order valence-corrected chi connectivity index (χ0v) is 17.3. The third kappa shape index (κ3) is 5.81. The highest BCUT2D eigenvalue weighted by molar-refractivity contribution is 7.88. The van der Waals surface area contributed by atoms with Crippen molar-refractivity contribution in [3.8, 4) is 11.5 Å². The average molecular weight is 492 g/mol. The molecule has 0 fully saturated rings. The monoisotopic (exact) mass is 492 g/mol. The van der Waals surface area contributed by atoms with E-state index in [2.05, 4.69) is 8.37 Å². The summed E-state index contributed by atoms with van der Waals surface area (Å²) in [4.78, 5) is 0. The third-order valence-electron chi connectivity index (χ3n) is 3.85. The van der Waals surface area contributed by atoms with Gasteiger partial charge in [0.2, 0.25) is 0 Å². The van der Waals surface area contributed by atoms with Gasteiger partial charge < -0.3 is 8.37 Å². The molecule has 2 aromatic rings. The van der Waals surface area contributed by atoms with E-state index in [1.807, 2.05) is 0 Å². The molecule has 14 heteroatoms. The predicted octanol–water partition coefficient (Wildman–Crippen LogP) is 4.35. The molecular weight excluding hydrogens is 478 g/mol. The molecule has 0 aliphatic heterocycles. The fraction of sp³-hybridized carbons (Fsp3) is 0.294. The number of alkyl halides is 6. The van der Waals surface area contributed by atoms with Crippen molar-refractivity contribution in [3.63, 3.8) is 0 Å². The SMILES string of the molecule is Cc1cc(Cc2ccc(OS(=O)(=O)C(F)(F)F)c(C)c2)ccc1OS(=O)(=O)C(F)(F)F. The van der Waals surface area contributed by atoms with Gasteiger partial charge in [-0.05, 0) is 54.7 Å². The van der Waals surface area contributed by atoms with E-state index in [1.165, 1.54) is 38.1 Å². The van der Waals surface area contributed by atoms with E-state index >= 15 is 0 Å². The van der Waals surface area contributed by atoms with Gasteiger partial charge in [0.05, 0.1) is 0 Å². The summed E-state index contributed by atoms with van der Waals surface area (Å²) >= 11 is 0. The van der Waals surface area contributed by atoms with Gasteiger partial charge in [-0.2, -0.15) is 43.2 Å². The Hall–Kier alpha value is -2.48. The van der Waals surface area contributed by atoms with E-state index in [4.69, 9.17) is 0 Å². The lowest BCUT2D eigenvalue weighted by molar-refractivity contribution is -0.0505. The third-order valence-corrected chi connectivity index (χ3v) is 5.78. The number of aryl methyl sites for hydroxylation is 2. The zero-order chi connectivity index (χ0) is 23.8. The first-order valence-corrected chi connectivity index (χ1v) is 11.0. The van der Waals surface area contributed by atoms with Crippen molar-refractivity contribution >= 4 is 20.2 Å². The van der Waals surface area contributed by atoms with Crippen LogP contribution in [0.25, 0.3) is 0 Å². The van der Waals surface area contributed by atoms with E-state index in [-0.39, 0.29) is 17.5 Å². The summed E-state index contributed by atoms with van der Waals surface area (Å²) in [6, 6.07) is 7.43. The second kappa shape index (κ2) is 8.22. The van der Waals surface area contributed by atoms with Crippen molar-refractivity contribution in [2.24, 2.45) is 0 Å². The summed E-state index contributed by atoms with van der Waals surface area (Å²) in [5.41, 5.74) is -9.94. The van der Waals surface area contributed by atoms with Crippen LogP contribution in [0, 0.1) is 13.8 Å². The van der Waals surface area contributed by atoms with Gasteiger partial charge in [-0.3, -0.25) is 0 Å². The van der Waals surface area contributed by atoms with Crippen LogP contribution in [0.4, 0.5) is 26.3 Å². The van der Waals surface area contributed by atoms with Crippen LogP contribution in [0.15, 0.2) is 36.4 Å². The summed E-state index contributed by atoms with van der Waals surface area (Å²) < 4.78 is 127. The smallest absolute Gasteiger partial charge is 0.376 e. The van der Waals surface area contributed by atoms with Gasteiger partial charge in [-0.1, -0.05) is 24.3 Å². The Morgan fingerprint density at radius 3 is 1.26 bits per heavy atom. The molecule has 0 saturated heterocycles. The molecular formula is C17H14F6O6S2. The highest BCUT2D eigenvalue weighted by atomic mass is 32.2. The fourth-order valence-corrected chi connectivity index (χ4v) is 3.43. The first-order chi connectivity index (χ1) is 13.9. The molecule has 0 spiro atoms. The first-order valence-electron chi connectivity index (χ1n) is 8.13. The Bertz CT molecular complexity index is 1090. The molecule has 0 aliphatic rings. The highest BCUT2D eigenvalue weighted by Crippen LogP contribution is 2.31. The quantitative estimate of drug-likeness (QED) is 0.339. The number of hydrogen-bond donors (Lipinski definition) is 0. The van der Waals surface area contributed by atoms with Crippen LogP contribution < -0.4 is 8.37 Å². The van der Waals surface area contributed by atoms with E-state index in [0.717, 1.165) is 12.1 Å². The molecule has 0 saturated carbocycles. The lowest BCUT2D eigenvalue weighted by atomic mass is 10.0. The van der Waals surface area contributed by atoms with Crippen LogP contribution in [0.3, 0.4) is 0 Å². The predicted molar refractivity (Wildman–Crippen MR) is 96.4 cm³/mol. The van der Waals surface area contributed by atoms with Gasteiger partial charge in [0.15, 0.2) is 0 Å². The maximum Gasteiger partial charge on any atom is 0.534 e. The van der Waals surface area contributed by atoms with Gasteiger partial charge in [0.1, 0.15) is 11.5 Å². The molecule has 0 heterocycles. The van der Waals surface area contributed by atoms with E-state index in [0.29, 0.717) is 11.1 Å². The maximum absolute atomic E-state index is 12.4. The van der Waals surface area contributed by atoms with Crippen LogP contribution in [0.1, 0.15) is 22.3 Å². The Morgan fingerprint density at radius 2 is 1.00 bits per heavy atom. The summed E-state index contributed by atoms with van der Waals surface area (Å²) in [6.45, 7) is 2.66. The zero-order valence-electron chi connectivity index (χ0n) is 15.7. The molecule has 2 rings (SSSR count). The summed E-state index contributed by atoms with van der Waals surface area (Å²) in [7, 11) is -11.6. The van der Waals surface area contributed by atoms with Gasteiger partial charge in [-0.15, -0.1) is 0 Å². The minimum Gasteiger partial charge on any atom is -0.376 e. The topological polar surface area (TPSA) is 86.7 Å². The van der Waals surface area contributed by atoms with Crippen LogP contribution in [-0.4, -0.2) is 27.9 Å². The second-order valence-corrected chi connectivity index (χ2v) is 9.42. The van der Waals surface area contributed by atoms with Crippen molar-refractivity contribution in [1.29, 1.82) is 0 Å². The summed E-state index contributed by atoms with van der Waals surface area (Å²) in [5.74, 6) is -1.03. The van der Waals surface area contributed by atoms with Crippen molar-refractivity contribution in [2.75, 3.05) is 0 Å². The Balaban J connectivity index is 2.21. The minimum atomic E-state index is -5.82. The Morgan fingerprint density at radius 1 is 0.677 bits per heavy atom. The summed E-state index contributed by atoms with van der Waals surface area (Å²) in [5, 5.41) is 0. The molecule has 0 bridgehead atoms. The van der Waals surface area contributed by atoms with Crippen molar-refractivity contribution < 1.29 is 51.5 Å². The summed E-state index contributed by atoms with van der Waals surface area (Å²) in [6.07, 6.45) is 0.153. The minimum absolute atomic E-state index is 0.0956. The molecule has 2 aromatic carbocycles. The number of benzene rings is 2. The van der Waals surface area contributed by atoms with Crippen LogP contribution in [0.2, 0.25) is 0 Å². The van der Waals surface area contributed by atoms with E-state index in [9.17, 15) is 43.2 Å². The lowest BCUT2D eigenvalue weighted by Gasteiger charge is -2.13. The van der Waals surface area contributed by atoms with Crippen LogP contribution >= 0.6 is 0 Å². The lowest BCUT2D eigenvalue weighted by Crippen LogP contribution is -2.28. The number of rotatable bonds is 6. The van der Waals surface area contributed by atoms with Gasteiger partial charge in [0, 0.05) is 0 Å². The number of hydrogen-bond acceptors (Lipinski definition) is 6. The molecule has 0 aromatic heterocycles. The van der Waals surface area contributed by atoms with Crippen molar-refractivity contribution in [2.45, 2.75) is 31.3 Å². The fourth-order valence-electron chi connectivity index (χ4n) is 2.40. The molecule has 6 nitrogen and oxygen atoms in total. The molecule has 0 unspecified atom stereocenters. The standard InChI is InChI=1S/C17H14F6O6S2/c1-10-7-12(3-5-14(10)28-30(24,25)16(18,19)20)9-13-4-6-15(11(2)8-13)29-31(26,27)17(21,22)23/h3-8H,9H2,1-2H3. The van der Waals surface area contributed by atoms with Crippen molar-refractivity contribution in [3.05, 3.63) is 58.7 Å². The van der Waals surface area contributed by atoms with Crippen molar-refractivity contribution in [1.82, 2.24) is 0 Å². The average Bonchev–Trinajstić information content (AvgIpc) is 2.57. The van der Waals surface area contributed by atoms with Crippen LogP contribution in [-0.2, 0) is 26.7 Å². The van der Waals surface area contributed by atoms with Gasteiger partial charge >= 0.3 is 31.3 Å². The normalized spacial score (nSPS) is 13.2. The first kappa shape index (κ1) is 24.8. The molecule has 31 heavy (non-hydrogen) atoms. The van der Waals surface area contributed by atoms with E-state index in [1.54, 1.807) is 0 Å². The Labute approximate surface area is 173 Å².